The molecule has 3 heteroatoms. The van der Waals surface area contributed by atoms with Gasteiger partial charge >= 0.3 is 71.3 Å². The molecule has 0 N–H and O–H groups in total. The zero-order valence-electron chi connectivity index (χ0n) is 4.40. The van der Waals surface area contributed by atoms with E-state index in [2.05, 4.69) is 21.5 Å². The summed E-state index contributed by atoms with van der Waals surface area (Å²) >= 11 is 8.51. The Bertz CT molecular complexity index is 202. The molecular formula is C6H4AgClO. The van der Waals surface area contributed by atoms with Crippen molar-refractivity contribution in [2.24, 2.45) is 0 Å². The molecule has 1 aromatic carbocycles. The van der Waals surface area contributed by atoms with Gasteiger partial charge in [0, 0.05) is 0 Å². The van der Waals surface area contributed by atoms with Gasteiger partial charge in [0.05, 0.1) is 0 Å². The predicted octanol–water partition coefficient (Wildman–Crippen LogP) is 2.18. The van der Waals surface area contributed by atoms with E-state index < -0.39 is 0 Å². The molecule has 0 bridgehead atoms. The zero-order valence-corrected chi connectivity index (χ0v) is 6.64. The Kier molecular flexibility index (Phi) is 2.61. The van der Waals surface area contributed by atoms with Gasteiger partial charge in [-0.3, -0.25) is 0 Å². The molecule has 52 valence electrons. The van der Waals surface area contributed by atoms with Crippen LogP contribution in [0.4, 0.5) is 0 Å². The standard InChI is InChI=1S/C6H5ClO.Ag/c7-5-3-1-2-4-6(5)8;/h1-4,8H;/q;+1/p-1. The van der Waals surface area contributed by atoms with Crippen LogP contribution >= 0.6 is 11.6 Å². The third-order valence-electron chi connectivity index (χ3n) is 0.903. The summed E-state index contributed by atoms with van der Waals surface area (Å²) in [5, 5.41) is 0.605. The normalized spacial score (nSPS) is 9.22. The van der Waals surface area contributed by atoms with Gasteiger partial charge in [-0.25, -0.2) is 0 Å². The fraction of sp³-hybridized carbons (Fsp3) is 0. The van der Waals surface area contributed by atoms with Crippen molar-refractivity contribution < 1.29 is 24.7 Å². The molecule has 0 aliphatic carbocycles. The van der Waals surface area contributed by atoms with Crippen molar-refractivity contribution in [1.82, 2.24) is 0 Å². The van der Waals surface area contributed by atoms with Crippen LogP contribution in [0.2, 0.25) is 5.02 Å². The quantitative estimate of drug-likeness (QED) is 0.678. The molecule has 1 nitrogen and oxygen atoms in total. The fourth-order valence-electron chi connectivity index (χ4n) is 0.495. The average molecular weight is 235 g/mol. The molecule has 9 heavy (non-hydrogen) atoms. The number of hydrogen-bond acceptors (Lipinski definition) is 1. The average Bonchev–Trinajstić information content (AvgIpc) is 1.89. The van der Waals surface area contributed by atoms with Crippen molar-refractivity contribution in [1.29, 1.82) is 0 Å². The molecule has 0 amide bonds. The summed E-state index contributed by atoms with van der Waals surface area (Å²) in [5.74, 6) is 0.637. The van der Waals surface area contributed by atoms with E-state index in [1.807, 2.05) is 12.1 Å². The Labute approximate surface area is 71.4 Å². The molecule has 0 atom stereocenters. The van der Waals surface area contributed by atoms with Crippen molar-refractivity contribution in [2.75, 3.05) is 0 Å². The van der Waals surface area contributed by atoms with Crippen molar-refractivity contribution >= 4 is 11.6 Å². The summed E-state index contributed by atoms with van der Waals surface area (Å²) in [5.41, 5.74) is 0. The molecule has 0 saturated heterocycles. The topological polar surface area (TPSA) is 9.23 Å². The molecule has 1 aromatic rings. The Morgan fingerprint density at radius 2 is 2.00 bits per heavy atom. The van der Waals surface area contributed by atoms with Crippen molar-refractivity contribution in [3.8, 4) is 5.75 Å². The molecule has 0 saturated carbocycles. The second-order valence-corrected chi connectivity index (χ2v) is 2.20. The second-order valence-electron chi connectivity index (χ2n) is 1.49. The van der Waals surface area contributed by atoms with Gasteiger partial charge < -0.3 is 0 Å². The summed E-state index contributed by atoms with van der Waals surface area (Å²) in [4.78, 5) is 0. The van der Waals surface area contributed by atoms with Gasteiger partial charge in [0.15, 0.2) is 0 Å². The second kappa shape index (κ2) is 3.28. The summed E-state index contributed by atoms with van der Waals surface area (Å²) in [6.45, 7) is 0. The van der Waals surface area contributed by atoms with E-state index >= 15 is 0 Å². The molecule has 0 aliphatic rings. The van der Waals surface area contributed by atoms with E-state index in [0.29, 0.717) is 10.8 Å². The van der Waals surface area contributed by atoms with E-state index in [0.717, 1.165) is 0 Å². The van der Waals surface area contributed by atoms with Crippen molar-refractivity contribution in [2.45, 2.75) is 0 Å². The first-order valence-electron chi connectivity index (χ1n) is 2.34. The molecule has 0 fully saturated rings. The van der Waals surface area contributed by atoms with E-state index in [1.54, 1.807) is 12.1 Å². The van der Waals surface area contributed by atoms with Crippen LogP contribution in [-0.2, 0) is 21.5 Å². The van der Waals surface area contributed by atoms with Crippen LogP contribution in [0.3, 0.4) is 0 Å². The first-order chi connectivity index (χ1) is 4.34. The van der Waals surface area contributed by atoms with Gasteiger partial charge in [-0.15, -0.1) is 0 Å². The summed E-state index contributed by atoms with van der Waals surface area (Å²) in [6.07, 6.45) is 0. The minimum atomic E-state index is 0.605. The van der Waals surface area contributed by atoms with Crippen LogP contribution in [-0.4, -0.2) is 0 Å². The number of benzene rings is 1. The van der Waals surface area contributed by atoms with Crippen LogP contribution in [0.5, 0.6) is 5.75 Å². The molecule has 0 radical (unpaired) electrons. The molecule has 0 aromatic heterocycles. The van der Waals surface area contributed by atoms with E-state index in [-0.39, 0.29) is 0 Å². The van der Waals surface area contributed by atoms with Gasteiger partial charge in [0.25, 0.3) is 0 Å². The van der Waals surface area contributed by atoms with Gasteiger partial charge in [-0.05, 0) is 0 Å². The Morgan fingerprint density at radius 3 is 2.44 bits per heavy atom. The minimum absolute atomic E-state index is 0.605. The van der Waals surface area contributed by atoms with Gasteiger partial charge in [0.1, 0.15) is 0 Å². The van der Waals surface area contributed by atoms with Gasteiger partial charge in [0.2, 0.25) is 0 Å². The third kappa shape index (κ3) is 1.73. The third-order valence-corrected chi connectivity index (χ3v) is 1.54. The van der Waals surface area contributed by atoms with Gasteiger partial charge in [-0.2, -0.15) is 0 Å². The van der Waals surface area contributed by atoms with E-state index in [4.69, 9.17) is 14.8 Å². The Balaban J connectivity index is 3.01. The summed E-state index contributed by atoms with van der Waals surface area (Å²) in [6, 6.07) is 7.23. The Morgan fingerprint density at radius 1 is 1.33 bits per heavy atom. The van der Waals surface area contributed by atoms with Crippen molar-refractivity contribution in [3.05, 3.63) is 29.3 Å². The fourth-order valence-corrected chi connectivity index (χ4v) is 1.01. The SMILES string of the molecule is Clc1ccccc1[O][Ag]. The van der Waals surface area contributed by atoms with E-state index in [9.17, 15) is 0 Å². The monoisotopic (exact) mass is 234 g/mol. The summed E-state index contributed by atoms with van der Waals surface area (Å²) in [7, 11) is 0. The maximum atomic E-state index is 5.67. The summed E-state index contributed by atoms with van der Waals surface area (Å²) < 4.78 is 4.72. The number of rotatable bonds is 1. The number of halogens is 1. The zero-order chi connectivity index (χ0) is 6.69. The number of para-hydroxylation sites is 1. The van der Waals surface area contributed by atoms with Crippen LogP contribution in [0.1, 0.15) is 0 Å². The number of hydrogen-bond donors (Lipinski definition) is 0. The van der Waals surface area contributed by atoms with Crippen molar-refractivity contribution in [3.63, 3.8) is 0 Å². The molecule has 0 unspecified atom stereocenters. The molecule has 0 spiro atoms. The molecule has 0 aliphatic heterocycles. The van der Waals surface area contributed by atoms with Gasteiger partial charge in [-0.1, -0.05) is 0 Å². The molecule has 0 heterocycles. The van der Waals surface area contributed by atoms with E-state index in [1.165, 1.54) is 0 Å². The molecule has 1 rings (SSSR count). The van der Waals surface area contributed by atoms with Crippen LogP contribution < -0.4 is 3.24 Å². The van der Waals surface area contributed by atoms with Crippen LogP contribution in [0.15, 0.2) is 24.3 Å². The molecular weight excluding hydrogens is 231 g/mol. The Hall–Kier alpha value is 0.0503. The predicted molar refractivity (Wildman–Crippen MR) is 32.1 cm³/mol. The van der Waals surface area contributed by atoms with Crippen LogP contribution in [0, 0.1) is 0 Å². The first-order valence-corrected chi connectivity index (χ1v) is 3.33. The first kappa shape index (κ1) is 7.16. The maximum absolute atomic E-state index is 5.67. The van der Waals surface area contributed by atoms with Crippen LogP contribution in [0.25, 0.3) is 0 Å².